The Balaban J connectivity index is 1.91. The average molecular weight is 506 g/mol. The number of urea groups is 1. The van der Waals surface area contributed by atoms with Crippen molar-refractivity contribution in [3.63, 3.8) is 0 Å². The molecular weight excluding hydrogens is 472 g/mol. The van der Waals surface area contributed by atoms with Crippen molar-refractivity contribution in [1.29, 1.82) is 0 Å². The maximum Gasteiger partial charge on any atom is 0.324 e. The van der Waals surface area contributed by atoms with Crippen LogP contribution >= 0.6 is 0 Å². The molecule has 1 fully saturated rings. The topological polar surface area (TPSA) is 80.3 Å². The highest BCUT2D eigenvalue weighted by Gasteiger charge is 2.31. The van der Waals surface area contributed by atoms with Gasteiger partial charge in [0.05, 0.1) is 25.9 Å². The fourth-order valence-electron chi connectivity index (χ4n) is 4.23. The van der Waals surface area contributed by atoms with Crippen molar-refractivity contribution < 1.29 is 32.6 Å². The number of aldehydes is 1. The lowest BCUT2D eigenvalue weighted by atomic mass is 10.0. The number of carbonyl (C=O) groups excluding carboxylic acids is 2. The molecule has 0 aliphatic carbocycles. The normalized spacial score (nSPS) is 15.3. The van der Waals surface area contributed by atoms with Crippen LogP contribution in [0.1, 0.15) is 28.8 Å². The molecule has 10 heteroatoms. The summed E-state index contributed by atoms with van der Waals surface area (Å²) in [4.78, 5) is 29.0. The molecule has 0 radical (unpaired) electrons. The van der Waals surface area contributed by atoms with Crippen LogP contribution in [-0.2, 0) is 6.54 Å². The highest BCUT2D eigenvalue weighted by molar-refractivity contribution is 5.98. The van der Waals surface area contributed by atoms with Crippen molar-refractivity contribution in [1.82, 2.24) is 10.2 Å². The van der Waals surface area contributed by atoms with Crippen molar-refractivity contribution in [3.8, 4) is 17.2 Å². The van der Waals surface area contributed by atoms with E-state index in [1.165, 1.54) is 12.1 Å². The summed E-state index contributed by atoms with van der Waals surface area (Å²) in [7, 11) is 4.79. The van der Waals surface area contributed by atoms with Crippen LogP contribution in [0.2, 0.25) is 0 Å². The van der Waals surface area contributed by atoms with Crippen molar-refractivity contribution >= 4 is 18.0 Å². The van der Waals surface area contributed by atoms with Gasteiger partial charge in [-0.15, -0.1) is 0 Å². The van der Waals surface area contributed by atoms with Crippen molar-refractivity contribution in [2.24, 2.45) is 0 Å². The van der Waals surface area contributed by atoms with Crippen LogP contribution in [0.4, 0.5) is 19.3 Å². The highest BCUT2D eigenvalue weighted by Crippen LogP contribution is 2.31. The Morgan fingerprint density at radius 2 is 1.89 bits per heavy atom. The van der Waals surface area contributed by atoms with Gasteiger partial charge in [0.1, 0.15) is 19.1 Å². The Hall–Kier alpha value is -3.40. The Labute approximate surface area is 210 Å². The van der Waals surface area contributed by atoms with E-state index < -0.39 is 19.5 Å². The summed E-state index contributed by atoms with van der Waals surface area (Å²) in [5, 5.41) is 3.31. The van der Waals surface area contributed by atoms with E-state index in [2.05, 4.69) is 5.32 Å². The Morgan fingerprint density at radius 1 is 1.14 bits per heavy atom. The number of nitrogens with zero attached hydrogens (tertiary/aromatic N) is 2. The van der Waals surface area contributed by atoms with Crippen molar-refractivity contribution in [2.45, 2.75) is 31.5 Å². The summed E-state index contributed by atoms with van der Waals surface area (Å²) in [5.41, 5.74) is 1.45. The second-order valence-corrected chi connectivity index (χ2v) is 8.59. The molecule has 2 aromatic rings. The summed E-state index contributed by atoms with van der Waals surface area (Å²) in [5.74, 6) is 1.31. The first kappa shape index (κ1) is 27.2. The van der Waals surface area contributed by atoms with Gasteiger partial charge in [-0.05, 0) is 55.3 Å². The SMILES string of the molecule is COc1ccc(CN(C)C(=O)N(c2ccc(OC(CF)CF)cc2C=O)C2CCCNC2)cc1OC. The fraction of sp³-hybridized carbons (Fsp3) is 0.462. The molecule has 1 atom stereocenters. The van der Waals surface area contributed by atoms with Crippen molar-refractivity contribution in [2.75, 3.05) is 52.6 Å². The molecule has 36 heavy (non-hydrogen) atoms. The summed E-state index contributed by atoms with van der Waals surface area (Å²) in [6.07, 6.45) is 1.00. The summed E-state index contributed by atoms with van der Waals surface area (Å²) in [6, 6.07) is 9.48. The number of hydrogen-bond donors (Lipinski definition) is 1. The number of methoxy groups -OCH3 is 2. The minimum absolute atomic E-state index is 0.161. The molecular formula is C26H33F2N3O5. The number of ether oxygens (including phenoxy) is 3. The molecule has 1 aliphatic heterocycles. The van der Waals surface area contributed by atoms with Gasteiger partial charge < -0.3 is 24.4 Å². The van der Waals surface area contributed by atoms with E-state index in [0.29, 0.717) is 36.6 Å². The molecule has 0 aromatic heterocycles. The van der Waals surface area contributed by atoms with E-state index in [-0.39, 0.29) is 23.4 Å². The van der Waals surface area contributed by atoms with Gasteiger partial charge in [-0.3, -0.25) is 9.69 Å². The maximum atomic E-state index is 13.8. The Morgan fingerprint density at radius 3 is 2.50 bits per heavy atom. The molecule has 1 aliphatic rings. The third-order valence-corrected chi connectivity index (χ3v) is 6.07. The number of rotatable bonds is 11. The van der Waals surface area contributed by atoms with Gasteiger partial charge in [-0.2, -0.15) is 0 Å². The largest absolute Gasteiger partial charge is 0.493 e. The van der Waals surface area contributed by atoms with Crippen LogP contribution in [-0.4, -0.2) is 77.1 Å². The lowest BCUT2D eigenvalue weighted by Crippen LogP contribution is -2.53. The number of amides is 2. The van der Waals surface area contributed by atoms with Crippen LogP contribution in [0, 0.1) is 0 Å². The molecule has 196 valence electrons. The van der Waals surface area contributed by atoms with Gasteiger partial charge in [0, 0.05) is 25.7 Å². The van der Waals surface area contributed by atoms with Gasteiger partial charge in [0.2, 0.25) is 0 Å². The maximum absolute atomic E-state index is 13.8. The number of benzene rings is 2. The molecule has 2 aromatic carbocycles. The van der Waals surface area contributed by atoms with E-state index in [9.17, 15) is 18.4 Å². The molecule has 0 bridgehead atoms. The summed E-state index contributed by atoms with van der Waals surface area (Å²) >= 11 is 0. The highest BCUT2D eigenvalue weighted by atomic mass is 19.1. The van der Waals surface area contributed by atoms with Crippen LogP contribution in [0.15, 0.2) is 36.4 Å². The first-order chi connectivity index (χ1) is 17.4. The number of nitrogens with one attached hydrogen (secondary N) is 1. The first-order valence-electron chi connectivity index (χ1n) is 11.8. The first-order valence-corrected chi connectivity index (χ1v) is 11.8. The van der Waals surface area contributed by atoms with Crippen LogP contribution in [0.3, 0.4) is 0 Å². The van der Waals surface area contributed by atoms with E-state index in [0.717, 1.165) is 24.9 Å². The minimum Gasteiger partial charge on any atom is -0.493 e. The second-order valence-electron chi connectivity index (χ2n) is 8.59. The van der Waals surface area contributed by atoms with E-state index in [1.807, 2.05) is 12.1 Å². The molecule has 1 unspecified atom stereocenters. The Kier molecular flexibility index (Phi) is 9.86. The lowest BCUT2D eigenvalue weighted by molar-refractivity contribution is 0.112. The number of hydrogen-bond acceptors (Lipinski definition) is 6. The van der Waals surface area contributed by atoms with Gasteiger partial charge in [-0.1, -0.05) is 6.07 Å². The monoisotopic (exact) mass is 505 g/mol. The van der Waals surface area contributed by atoms with Gasteiger partial charge in [0.25, 0.3) is 0 Å². The smallest absolute Gasteiger partial charge is 0.324 e. The van der Waals surface area contributed by atoms with Gasteiger partial charge in [-0.25, -0.2) is 13.6 Å². The van der Waals surface area contributed by atoms with E-state index in [1.54, 1.807) is 43.2 Å². The number of alkyl halides is 2. The Bertz CT molecular complexity index is 1030. The van der Waals surface area contributed by atoms with Crippen molar-refractivity contribution in [3.05, 3.63) is 47.5 Å². The van der Waals surface area contributed by atoms with E-state index >= 15 is 0 Å². The minimum atomic E-state index is -1.25. The van der Waals surface area contributed by atoms with Crippen LogP contribution < -0.4 is 24.4 Å². The quantitative estimate of drug-likeness (QED) is 0.465. The van der Waals surface area contributed by atoms with Crippen LogP contribution in [0.25, 0.3) is 0 Å². The number of carbonyl (C=O) groups is 2. The zero-order valence-electron chi connectivity index (χ0n) is 20.8. The molecule has 2 amide bonds. The molecule has 0 spiro atoms. The molecule has 1 N–H and O–H groups in total. The third-order valence-electron chi connectivity index (χ3n) is 6.07. The predicted octanol–water partition coefficient (Wildman–Crippen LogP) is 4.01. The third kappa shape index (κ3) is 6.42. The standard InChI is InChI=1S/C26H33F2N3O5/c1-30(16-18-6-9-24(34-2)25(11-18)35-3)26(33)31(20-5-4-10-29-15-20)23-8-7-21(12-19(23)17-32)36-22(13-27)14-28/h6-9,11-12,17,20,22,29H,4-5,10,13-16H2,1-3H3. The van der Waals surface area contributed by atoms with E-state index in [4.69, 9.17) is 14.2 Å². The summed E-state index contributed by atoms with van der Waals surface area (Å²) in [6.45, 7) is -0.274. The summed E-state index contributed by atoms with van der Waals surface area (Å²) < 4.78 is 41.8. The number of anilines is 1. The zero-order chi connectivity index (χ0) is 26.1. The zero-order valence-corrected chi connectivity index (χ0v) is 20.8. The van der Waals surface area contributed by atoms with Crippen LogP contribution in [0.5, 0.6) is 17.2 Å². The molecule has 0 saturated carbocycles. The second kappa shape index (κ2) is 13.1. The molecule has 1 heterocycles. The fourth-order valence-corrected chi connectivity index (χ4v) is 4.23. The lowest BCUT2D eigenvalue weighted by Gasteiger charge is -2.37. The van der Waals surface area contributed by atoms with Gasteiger partial charge >= 0.3 is 6.03 Å². The molecule has 8 nitrogen and oxygen atoms in total. The number of halogens is 2. The predicted molar refractivity (Wildman–Crippen MR) is 133 cm³/mol. The average Bonchev–Trinajstić information content (AvgIpc) is 2.92. The molecule has 3 rings (SSSR count). The van der Waals surface area contributed by atoms with Gasteiger partial charge in [0.15, 0.2) is 23.9 Å². The number of piperidine rings is 1. The molecule has 1 saturated heterocycles.